The molecule has 0 aliphatic carbocycles. The second-order valence-corrected chi connectivity index (χ2v) is 6.07. The lowest BCUT2D eigenvalue weighted by Gasteiger charge is -2.14. The third-order valence-corrected chi connectivity index (χ3v) is 4.24. The molecule has 3 rings (SSSR count). The van der Waals surface area contributed by atoms with Crippen molar-refractivity contribution in [1.82, 2.24) is 10.9 Å². The Bertz CT molecular complexity index is 823. The first-order valence-electron chi connectivity index (χ1n) is 7.32. The van der Waals surface area contributed by atoms with Gasteiger partial charge in [-0.2, -0.15) is 5.43 Å². The van der Waals surface area contributed by atoms with Gasteiger partial charge in [-0.15, -0.1) is 0 Å². The van der Waals surface area contributed by atoms with Gasteiger partial charge in [0.25, 0.3) is 5.91 Å². The Morgan fingerprint density at radius 1 is 1.12 bits per heavy atom. The van der Waals surface area contributed by atoms with Crippen LogP contribution in [0.5, 0.6) is 11.5 Å². The van der Waals surface area contributed by atoms with E-state index in [1.165, 1.54) is 14.2 Å². The molecular weight excluding hydrogens is 392 g/mol. The Balaban J connectivity index is 1.77. The van der Waals surface area contributed by atoms with Crippen LogP contribution in [-0.4, -0.2) is 26.1 Å². The number of hydrogen-bond acceptors (Lipinski definition) is 6. The van der Waals surface area contributed by atoms with Gasteiger partial charge in [0, 0.05) is 15.6 Å². The van der Waals surface area contributed by atoms with E-state index in [4.69, 9.17) is 14.2 Å². The molecule has 0 fully saturated rings. The van der Waals surface area contributed by atoms with Crippen molar-refractivity contribution in [2.75, 3.05) is 14.2 Å². The molecule has 0 unspecified atom stereocenters. The van der Waals surface area contributed by atoms with E-state index in [0.717, 1.165) is 4.47 Å². The van der Waals surface area contributed by atoms with E-state index < -0.39 is 12.2 Å². The van der Waals surface area contributed by atoms with Crippen molar-refractivity contribution in [1.29, 1.82) is 0 Å². The number of benzene rings is 2. The highest BCUT2D eigenvalue weighted by atomic mass is 79.9. The molecule has 0 radical (unpaired) electrons. The maximum Gasteiger partial charge on any atom is 0.344 e. The summed E-state index contributed by atoms with van der Waals surface area (Å²) in [5.74, 6) is -0.176. The molecule has 2 aromatic rings. The highest BCUT2D eigenvalue weighted by molar-refractivity contribution is 9.10. The summed E-state index contributed by atoms with van der Waals surface area (Å²) in [6.07, 6.45) is -0.818. The van der Waals surface area contributed by atoms with Gasteiger partial charge in [-0.3, -0.25) is 10.2 Å². The van der Waals surface area contributed by atoms with Crippen molar-refractivity contribution in [3.05, 3.63) is 57.6 Å². The van der Waals surface area contributed by atoms with Gasteiger partial charge in [0.15, 0.2) is 17.7 Å². The summed E-state index contributed by atoms with van der Waals surface area (Å²) in [5.41, 5.74) is 6.55. The molecule has 2 aromatic carbocycles. The molecule has 130 valence electrons. The number of rotatable bonds is 5. The Kier molecular flexibility index (Phi) is 4.91. The zero-order chi connectivity index (χ0) is 18.0. The number of ether oxygens (including phenoxy) is 3. The normalized spacial score (nSPS) is 15.3. The highest BCUT2D eigenvalue weighted by Crippen LogP contribution is 2.40. The molecule has 1 aliphatic heterocycles. The number of halogens is 1. The Morgan fingerprint density at radius 3 is 2.48 bits per heavy atom. The molecule has 1 atom stereocenters. The molecule has 0 bridgehead atoms. The zero-order valence-electron chi connectivity index (χ0n) is 13.5. The first-order valence-corrected chi connectivity index (χ1v) is 8.11. The van der Waals surface area contributed by atoms with Crippen molar-refractivity contribution in [3.63, 3.8) is 0 Å². The van der Waals surface area contributed by atoms with Crippen molar-refractivity contribution in [2.24, 2.45) is 0 Å². The van der Waals surface area contributed by atoms with Crippen LogP contribution in [0.3, 0.4) is 0 Å². The minimum atomic E-state index is -0.818. The van der Waals surface area contributed by atoms with E-state index in [9.17, 15) is 9.59 Å². The number of esters is 1. The van der Waals surface area contributed by atoms with Crippen molar-refractivity contribution < 1.29 is 23.8 Å². The maximum atomic E-state index is 12.2. The summed E-state index contributed by atoms with van der Waals surface area (Å²) < 4.78 is 16.6. The summed E-state index contributed by atoms with van der Waals surface area (Å²) in [6.45, 7) is 0. The summed E-state index contributed by atoms with van der Waals surface area (Å²) in [5, 5.41) is 0. The fourth-order valence-electron chi connectivity index (χ4n) is 2.51. The van der Waals surface area contributed by atoms with Crippen molar-refractivity contribution >= 4 is 27.8 Å². The molecule has 1 aliphatic rings. The van der Waals surface area contributed by atoms with E-state index >= 15 is 0 Å². The van der Waals surface area contributed by atoms with Crippen LogP contribution in [0.4, 0.5) is 0 Å². The number of carbonyl (C=O) groups is 2. The minimum absolute atomic E-state index is 0.275. The third kappa shape index (κ3) is 3.31. The van der Waals surface area contributed by atoms with Crippen LogP contribution >= 0.6 is 15.9 Å². The van der Waals surface area contributed by atoms with Crippen LogP contribution in [0.25, 0.3) is 0 Å². The monoisotopic (exact) mass is 406 g/mol. The smallest absolute Gasteiger partial charge is 0.344 e. The average Bonchev–Trinajstić information content (AvgIpc) is 2.95. The lowest BCUT2D eigenvalue weighted by molar-refractivity contribution is 0.0260. The summed E-state index contributed by atoms with van der Waals surface area (Å²) >= 11 is 3.31. The van der Waals surface area contributed by atoms with Crippen LogP contribution in [0, 0.1) is 0 Å². The first kappa shape index (κ1) is 17.2. The number of carbonyl (C=O) groups excluding carboxylic acids is 2. The van der Waals surface area contributed by atoms with Crippen LogP contribution in [0.1, 0.15) is 32.5 Å². The lowest BCUT2D eigenvalue weighted by atomic mass is 10.1. The molecule has 0 aromatic heterocycles. The molecule has 0 saturated heterocycles. The van der Waals surface area contributed by atoms with Gasteiger partial charge in [-0.05, 0) is 36.4 Å². The van der Waals surface area contributed by atoms with Crippen molar-refractivity contribution in [2.45, 2.75) is 6.23 Å². The fraction of sp³-hybridized carbons (Fsp3) is 0.176. The average molecular weight is 407 g/mol. The number of hydrazine groups is 1. The van der Waals surface area contributed by atoms with Gasteiger partial charge in [0.1, 0.15) is 5.56 Å². The molecule has 8 heteroatoms. The largest absolute Gasteiger partial charge is 0.493 e. The fourth-order valence-corrected chi connectivity index (χ4v) is 2.78. The highest BCUT2D eigenvalue weighted by Gasteiger charge is 2.36. The van der Waals surface area contributed by atoms with Gasteiger partial charge in [-0.1, -0.05) is 15.9 Å². The lowest BCUT2D eigenvalue weighted by Crippen LogP contribution is -2.40. The van der Waals surface area contributed by atoms with E-state index in [-0.39, 0.29) is 11.5 Å². The molecule has 0 saturated carbocycles. The standard InChI is InChI=1S/C17H15BrN2O5/c1-23-12-8-7-11-13(14(12)24-2)17(22)25-16(11)20-19-15(21)9-3-5-10(18)6-4-9/h3-8,16,20H,1-2H3,(H,19,21)/t16-/m1/s1. The Hall–Kier alpha value is -2.58. The first-order chi connectivity index (χ1) is 12.0. The van der Waals surface area contributed by atoms with Gasteiger partial charge >= 0.3 is 5.97 Å². The molecule has 1 heterocycles. The number of hydrogen-bond donors (Lipinski definition) is 2. The number of nitrogens with one attached hydrogen (secondary N) is 2. The third-order valence-electron chi connectivity index (χ3n) is 3.71. The number of fused-ring (bicyclic) bond motifs is 1. The minimum Gasteiger partial charge on any atom is -0.493 e. The predicted octanol–water partition coefficient (Wildman–Crippen LogP) is 2.57. The SMILES string of the molecule is COc1ccc2c(c1OC)C(=O)O[C@H]2NNC(=O)c1ccc(Br)cc1. The molecule has 1 amide bonds. The van der Waals surface area contributed by atoms with Gasteiger partial charge in [-0.25, -0.2) is 4.79 Å². The Morgan fingerprint density at radius 2 is 1.84 bits per heavy atom. The van der Waals surface area contributed by atoms with E-state index in [1.54, 1.807) is 36.4 Å². The number of amides is 1. The quantitative estimate of drug-likeness (QED) is 0.586. The van der Waals surface area contributed by atoms with Crippen LogP contribution in [0.2, 0.25) is 0 Å². The molecule has 0 spiro atoms. The Labute approximate surface area is 152 Å². The van der Waals surface area contributed by atoms with Crippen molar-refractivity contribution in [3.8, 4) is 11.5 Å². The van der Waals surface area contributed by atoms with Gasteiger partial charge in [0.2, 0.25) is 0 Å². The topological polar surface area (TPSA) is 85.9 Å². The molecular formula is C17H15BrN2O5. The van der Waals surface area contributed by atoms with E-state index in [2.05, 4.69) is 26.8 Å². The van der Waals surface area contributed by atoms with Gasteiger partial charge < -0.3 is 14.2 Å². The molecule has 2 N–H and O–H groups in total. The second kappa shape index (κ2) is 7.12. The van der Waals surface area contributed by atoms with Crippen LogP contribution < -0.4 is 20.3 Å². The summed E-state index contributed by atoms with van der Waals surface area (Å²) in [6, 6.07) is 10.2. The summed E-state index contributed by atoms with van der Waals surface area (Å²) in [7, 11) is 2.93. The second-order valence-electron chi connectivity index (χ2n) is 5.16. The van der Waals surface area contributed by atoms with Crippen LogP contribution in [0.15, 0.2) is 40.9 Å². The van der Waals surface area contributed by atoms with Crippen LogP contribution in [-0.2, 0) is 4.74 Å². The molecule has 25 heavy (non-hydrogen) atoms. The molecule has 7 nitrogen and oxygen atoms in total. The van der Waals surface area contributed by atoms with E-state index in [1.807, 2.05) is 0 Å². The number of methoxy groups -OCH3 is 2. The summed E-state index contributed by atoms with van der Waals surface area (Å²) in [4.78, 5) is 24.3. The number of cyclic esters (lactones) is 1. The van der Waals surface area contributed by atoms with E-state index in [0.29, 0.717) is 22.6 Å². The maximum absolute atomic E-state index is 12.2. The predicted molar refractivity (Wildman–Crippen MR) is 92.4 cm³/mol. The van der Waals surface area contributed by atoms with Gasteiger partial charge in [0.05, 0.1) is 14.2 Å². The zero-order valence-corrected chi connectivity index (χ0v) is 15.0.